The van der Waals surface area contributed by atoms with Gasteiger partial charge in [-0.1, -0.05) is 20.8 Å². The number of piperidine rings is 1. The molecule has 2 aliphatic rings. The zero-order chi connectivity index (χ0) is 16.6. The Morgan fingerprint density at radius 2 is 1.91 bits per heavy atom. The van der Waals surface area contributed by atoms with Gasteiger partial charge < -0.3 is 20.1 Å². The number of aliphatic hydroxyl groups excluding tert-OH is 1. The van der Waals surface area contributed by atoms with Crippen molar-refractivity contribution >= 4 is 6.03 Å². The van der Waals surface area contributed by atoms with Crippen LogP contribution in [0.3, 0.4) is 0 Å². The summed E-state index contributed by atoms with van der Waals surface area (Å²) in [5.41, 5.74) is -0.215. The summed E-state index contributed by atoms with van der Waals surface area (Å²) in [5, 5.41) is 12.8. The maximum atomic E-state index is 12.5. The summed E-state index contributed by atoms with van der Waals surface area (Å²) < 4.78 is 5.61. The Labute approximate surface area is 134 Å². The molecule has 1 heterocycles. The minimum atomic E-state index is -0.166. The highest BCUT2D eigenvalue weighted by molar-refractivity contribution is 5.75. The summed E-state index contributed by atoms with van der Waals surface area (Å²) in [6.45, 7) is 10.2. The first-order valence-electron chi connectivity index (χ1n) is 8.45. The average molecular weight is 312 g/mol. The highest BCUT2D eigenvalue weighted by atomic mass is 16.5. The van der Waals surface area contributed by atoms with Gasteiger partial charge in [-0.15, -0.1) is 0 Å². The number of rotatable bonds is 4. The zero-order valence-electron chi connectivity index (χ0n) is 14.7. The number of urea groups is 1. The Kier molecular flexibility index (Phi) is 4.79. The number of nitrogens with zero attached hydrogens (tertiary/aromatic N) is 1. The van der Waals surface area contributed by atoms with Gasteiger partial charge in [0.2, 0.25) is 0 Å². The summed E-state index contributed by atoms with van der Waals surface area (Å²) >= 11 is 0. The number of nitrogens with one attached hydrogen (secondary N) is 1. The lowest BCUT2D eigenvalue weighted by Crippen LogP contribution is -2.69. The summed E-state index contributed by atoms with van der Waals surface area (Å²) in [6.07, 6.45) is 3.60. The van der Waals surface area contributed by atoms with Crippen molar-refractivity contribution in [3.05, 3.63) is 0 Å². The fourth-order valence-electron chi connectivity index (χ4n) is 3.77. The van der Waals surface area contributed by atoms with Crippen molar-refractivity contribution in [1.82, 2.24) is 10.2 Å². The molecule has 2 amide bonds. The topological polar surface area (TPSA) is 61.8 Å². The lowest BCUT2D eigenvalue weighted by molar-refractivity contribution is -0.177. The summed E-state index contributed by atoms with van der Waals surface area (Å²) in [7, 11) is 1.74. The average Bonchev–Trinajstić information content (AvgIpc) is 2.54. The smallest absolute Gasteiger partial charge is 0.317 e. The number of amides is 2. The van der Waals surface area contributed by atoms with Gasteiger partial charge in [0.1, 0.15) is 0 Å². The molecule has 0 bridgehead atoms. The molecule has 1 saturated carbocycles. The summed E-state index contributed by atoms with van der Waals surface area (Å²) in [4.78, 5) is 14.4. The molecule has 2 fully saturated rings. The van der Waals surface area contributed by atoms with Crippen LogP contribution in [-0.2, 0) is 4.74 Å². The molecule has 0 aromatic rings. The number of hydrogen-bond acceptors (Lipinski definition) is 3. The van der Waals surface area contributed by atoms with Gasteiger partial charge in [0.15, 0.2) is 0 Å². The van der Waals surface area contributed by atoms with Crippen LogP contribution in [0.1, 0.15) is 53.4 Å². The van der Waals surface area contributed by atoms with E-state index >= 15 is 0 Å². The number of methoxy groups -OCH3 is 1. The quantitative estimate of drug-likeness (QED) is 0.838. The molecule has 0 radical (unpaired) electrons. The zero-order valence-corrected chi connectivity index (χ0v) is 14.7. The minimum absolute atomic E-state index is 0.0150. The molecule has 2 unspecified atom stereocenters. The van der Waals surface area contributed by atoms with Crippen molar-refractivity contribution in [3.63, 3.8) is 0 Å². The first-order valence-corrected chi connectivity index (χ1v) is 8.45. The number of likely N-dealkylation sites (tertiary alicyclic amines) is 1. The van der Waals surface area contributed by atoms with Crippen LogP contribution < -0.4 is 5.32 Å². The number of hydrogen-bond donors (Lipinski definition) is 2. The molecule has 1 aliphatic carbocycles. The summed E-state index contributed by atoms with van der Waals surface area (Å²) in [5.74, 6) is 0. The van der Waals surface area contributed by atoms with Gasteiger partial charge in [-0.3, -0.25) is 0 Å². The molecule has 22 heavy (non-hydrogen) atoms. The molecule has 5 heteroatoms. The van der Waals surface area contributed by atoms with E-state index in [2.05, 4.69) is 33.0 Å². The standard InChI is InChI=1S/C17H32N2O3/c1-6-17(12-20)7-9-19(10-8-17)14(21)18-13-11-16(4,22-5)15(13,2)3/h13,20H,6-12H2,1-5H3,(H,18,21). The number of aliphatic hydroxyl groups is 1. The predicted molar refractivity (Wildman–Crippen MR) is 86.7 cm³/mol. The molecule has 128 valence electrons. The predicted octanol–water partition coefficient (Wildman–Crippen LogP) is 2.38. The highest BCUT2D eigenvalue weighted by Gasteiger charge is 2.58. The highest BCUT2D eigenvalue weighted by Crippen LogP contribution is 2.51. The lowest BCUT2D eigenvalue weighted by atomic mass is 9.56. The Morgan fingerprint density at radius 1 is 1.32 bits per heavy atom. The van der Waals surface area contributed by atoms with Crippen molar-refractivity contribution in [3.8, 4) is 0 Å². The van der Waals surface area contributed by atoms with Crippen LogP contribution in [0.25, 0.3) is 0 Å². The van der Waals surface area contributed by atoms with Gasteiger partial charge in [0.25, 0.3) is 0 Å². The van der Waals surface area contributed by atoms with Crippen LogP contribution in [-0.4, -0.2) is 54.5 Å². The molecule has 2 atom stereocenters. The van der Waals surface area contributed by atoms with E-state index in [0.717, 1.165) is 38.8 Å². The van der Waals surface area contributed by atoms with Crippen molar-refractivity contribution in [2.24, 2.45) is 10.8 Å². The van der Waals surface area contributed by atoms with Crippen LogP contribution in [0.15, 0.2) is 0 Å². The van der Waals surface area contributed by atoms with Crippen LogP contribution in [0.2, 0.25) is 0 Å². The fourth-order valence-corrected chi connectivity index (χ4v) is 3.77. The first kappa shape index (κ1) is 17.5. The van der Waals surface area contributed by atoms with E-state index in [1.54, 1.807) is 7.11 Å². The second-order valence-corrected chi connectivity index (χ2v) is 7.86. The Balaban J connectivity index is 1.88. The van der Waals surface area contributed by atoms with Crippen LogP contribution in [0, 0.1) is 10.8 Å². The van der Waals surface area contributed by atoms with Crippen molar-refractivity contribution < 1.29 is 14.6 Å². The maximum absolute atomic E-state index is 12.5. The van der Waals surface area contributed by atoms with E-state index < -0.39 is 0 Å². The van der Waals surface area contributed by atoms with Crippen molar-refractivity contribution in [2.75, 3.05) is 26.8 Å². The Hall–Kier alpha value is -0.810. The molecule has 2 rings (SSSR count). The number of carbonyl (C=O) groups is 1. The SMILES string of the molecule is CCC1(CO)CCN(C(=O)NC2CC(C)(OC)C2(C)C)CC1. The van der Waals surface area contributed by atoms with E-state index in [-0.39, 0.29) is 35.1 Å². The third-order valence-corrected chi connectivity index (χ3v) is 6.77. The van der Waals surface area contributed by atoms with Gasteiger partial charge >= 0.3 is 6.03 Å². The largest absolute Gasteiger partial charge is 0.396 e. The van der Waals surface area contributed by atoms with Gasteiger partial charge in [-0.05, 0) is 38.0 Å². The van der Waals surface area contributed by atoms with E-state index in [9.17, 15) is 9.90 Å². The van der Waals surface area contributed by atoms with E-state index in [1.807, 2.05) is 4.90 Å². The van der Waals surface area contributed by atoms with Gasteiger partial charge in [-0.2, -0.15) is 0 Å². The van der Waals surface area contributed by atoms with Crippen LogP contribution >= 0.6 is 0 Å². The fraction of sp³-hybridized carbons (Fsp3) is 0.941. The first-order chi connectivity index (χ1) is 10.2. The minimum Gasteiger partial charge on any atom is -0.396 e. The van der Waals surface area contributed by atoms with Crippen LogP contribution in [0.5, 0.6) is 0 Å². The lowest BCUT2D eigenvalue weighted by Gasteiger charge is -2.59. The number of carbonyl (C=O) groups excluding carboxylic acids is 1. The molecule has 1 aliphatic heterocycles. The summed E-state index contributed by atoms with van der Waals surface area (Å²) in [6, 6.07) is 0.180. The van der Waals surface area contributed by atoms with E-state index in [1.165, 1.54) is 0 Å². The second-order valence-electron chi connectivity index (χ2n) is 7.86. The molecule has 1 saturated heterocycles. The molecule has 0 spiro atoms. The third kappa shape index (κ3) is 2.73. The normalized spacial score (nSPS) is 33.2. The van der Waals surface area contributed by atoms with Gasteiger partial charge in [-0.25, -0.2) is 4.79 Å². The Bertz CT molecular complexity index is 410. The molecular weight excluding hydrogens is 280 g/mol. The molecular formula is C17H32N2O3. The maximum Gasteiger partial charge on any atom is 0.317 e. The second kappa shape index (κ2) is 6.00. The third-order valence-electron chi connectivity index (χ3n) is 6.77. The van der Waals surface area contributed by atoms with Crippen molar-refractivity contribution in [2.45, 2.75) is 65.0 Å². The molecule has 0 aromatic heterocycles. The Morgan fingerprint density at radius 3 is 2.32 bits per heavy atom. The van der Waals surface area contributed by atoms with E-state index in [4.69, 9.17) is 4.74 Å². The van der Waals surface area contributed by atoms with Crippen molar-refractivity contribution in [1.29, 1.82) is 0 Å². The van der Waals surface area contributed by atoms with E-state index in [0.29, 0.717) is 0 Å². The monoisotopic (exact) mass is 312 g/mol. The molecule has 5 nitrogen and oxygen atoms in total. The van der Waals surface area contributed by atoms with Gasteiger partial charge in [0, 0.05) is 38.3 Å². The van der Waals surface area contributed by atoms with Gasteiger partial charge in [0.05, 0.1) is 5.60 Å². The molecule has 2 N–H and O–H groups in total. The molecule has 0 aromatic carbocycles. The number of ether oxygens (including phenoxy) is 1. The van der Waals surface area contributed by atoms with Crippen LogP contribution in [0.4, 0.5) is 4.79 Å².